The largest absolute Gasteiger partial charge is 0.310 e. The van der Waals surface area contributed by atoms with Crippen LogP contribution in [0, 0.1) is 0 Å². The van der Waals surface area contributed by atoms with Crippen molar-refractivity contribution in [1.29, 1.82) is 0 Å². The summed E-state index contributed by atoms with van der Waals surface area (Å²) in [6.07, 6.45) is 2.12. The molecular formula is C66H49N. The maximum Gasteiger partial charge on any atom is 0.0540 e. The second kappa shape index (κ2) is 15.3. The summed E-state index contributed by atoms with van der Waals surface area (Å²) in [6, 6.07) is 88.4. The molecule has 0 amide bonds. The van der Waals surface area contributed by atoms with E-state index in [9.17, 15) is 0 Å². The molecule has 13 rings (SSSR count). The number of benzene rings is 10. The molecule has 1 nitrogen and oxygen atoms in total. The minimum atomic E-state index is -0.209. The van der Waals surface area contributed by atoms with Gasteiger partial charge in [-0.2, -0.15) is 0 Å². The molecule has 0 saturated heterocycles. The highest BCUT2D eigenvalue weighted by Gasteiger charge is 2.48. The first-order valence-electron chi connectivity index (χ1n) is 23.8. The Kier molecular flexibility index (Phi) is 8.99. The average Bonchev–Trinajstić information content (AvgIpc) is 4.00. The normalized spacial score (nSPS) is 15.7. The van der Waals surface area contributed by atoms with Crippen LogP contribution in [0.1, 0.15) is 53.6 Å². The Morgan fingerprint density at radius 2 is 0.821 bits per heavy atom. The summed E-state index contributed by atoms with van der Waals surface area (Å²) in [4.78, 5) is 2.52. The Morgan fingerprint density at radius 1 is 0.328 bits per heavy atom. The number of fused-ring (bicyclic) bond motifs is 10. The molecule has 0 saturated carbocycles. The van der Waals surface area contributed by atoms with Crippen molar-refractivity contribution in [1.82, 2.24) is 0 Å². The second-order valence-electron chi connectivity index (χ2n) is 19.1. The Balaban J connectivity index is 1.01. The fourth-order valence-electron chi connectivity index (χ4n) is 12.4. The van der Waals surface area contributed by atoms with E-state index in [1.165, 1.54) is 100 Å². The van der Waals surface area contributed by atoms with Crippen molar-refractivity contribution < 1.29 is 0 Å². The highest BCUT2D eigenvalue weighted by Crippen LogP contribution is 2.60. The minimum absolute atomic E-state index is 0.116. The van der Waals surface area contributed by atoms with Crippen LogP contribution in [0.3, 0.4) is 0 Å². The van der Waals surface area contributed by atoms with Crippen molar-refractivity contribution in [3.63, 3.8) is 0 Å². The van der Waals surface area contributed by atoms with Gasteiger partial charge in [0, 0.05) is 27.8 Å². The van der Waals surface area contributed by atoms with Crippen molar-refractivity contribution in [3.05, 3.63) is 270 Å². The average molecular weight is 856 g/mol. The lowest BCUT2D eigenvalue weighted by Gasteiger charge is -2.32. The zero-order chi connectivity index (χ0) is 44.7. The fourth-order valence-corrected chi connectivity index (χ4v) is 12.4. The molecule has 1 spiro atoms. The maximum absolute atomic E-state index is 2.53. The SMILES string of the molecule is CC1(C)c2ccccc2-c2cccc(-c3ccc(N(c4ccc5c(c4)C4(CCc6ccccc64)c4ccccc4-5)c4ccccc4-c4ccccc4-c4ccccc4-c4ccccc4)cc3)c21. The van der Waals surface area contributed by atoms with Crippen LogP contribution >= 0.6 is 0 Å². The predicted molar refractivity (Wildman–Crippen MR) is 281 cm³/mol. The molecule has 3 aliphatic rings. The monoisotopic (exact) mass is 855 g/mol. The Hall–Kier alpha value is -8.00. The van der Waals surface area contributed by atoms with Crippen molar-refractivity contribution in [3.8, 4) is 66.8 Å². The first kappa shape index (κ1) is 39.4. The summed E-state index contributed by atoms with van der Waals surface area (Å²) in [5, 5.41) is 0. The number of nitrogens with zero attached hydrogens (tertiary/aromatic N) is 1. The zero-order valence-corrected chi connectivity index (χ0v) is 37.9. The molecular weight excluding hydrogens is 807 g/mol. The summed E-state index contributed by atoms with van der Waals surface area (Å²) < 4.78 is 0. The lowest BCUT2D eigenvalue weighted by Crippen LogP contribution is -2.24. The van der Waals surface area contributed by atoms with Crippen molar-refractivity contribution in [2.75, 3.05) is 4.90 Å². The molecule has 1 atom stereocenters. The van der Waals surface area contributed by atoms with E-state index in [4.69, 9.17) is 0 Å². The van der Waals surface area contributed by atoms with Gasteiger partial charge in [-0.05, 0) is 138 Å². The number of hydrogen-bond donors (Lipinski definition) is 0. The van der Waals surface area contributed by atoms with Gasteiger partial charge in [0.2, 0.25) is 0 Å². The molecule has 0 fully saturated rings. The van der Waals surface area contributed by atoms with E-state index in [0.29, 0.717) is 0 Å². The van der Waals surface area contributed by atoms with Crippen LogP contribution in [-0.4, -0.2) is 0 Å². The molecule has 67 heavy (non-hydrogen) atoms. The summed E-state index contributed by atoms with van der Waals surface area (Å²) >= 11 is 0. The third kappa shape index (κ3) is 5.94. The maximum atomic E-state index is 2.53. The first-order valence-corrected chi connectivity index (χ1v) is 23.8. The van der Waals surface area contributed by atoms with E-state index < -0.39 is 0 Å². The molecule has 0 bridgehead atoms. The zero-order valence-electron chi connectivity index (χ0n) is 37.9. The van der Waals surface area contributed by atoms with Crippen LogP contribution in [0.5, 0.6) is 0 Å². The second-order valence-corrected chi connectivity index (χ2v) is 19.1. The first-order chi connectivity index (χ1) is 33.0. The van der Waals surface area contributed by atoms with Crippen LogP contribution in [0.25, 0.3) is 66.8 Å². The van der Waals surface area contributed by atoms with Gasteiger partial charge in [0.25, 0.3) is 0 Å². The van der Waals surface area contributed by atoms with Gasteiger partial charge in [-0.3, -0.25) is 0 Å². The van der Waals surface area contributed by atoms with Gasteiger partial charge < -0.3 is 4.90 Å². The van der Waals surface area contributed by atoms with Crippen molar-refractivity contribution >= 4 is 17.1 Å². The number of rotatable bonds is 7. The summed E-state index contributed by atoms with van der Waals surface area (Å²) in [7, 11) is 0. The van der Waals surface area contributed by atoms with Gasteiger partial charge in [-0.25, -0.2) is 0 Å². The molecule has 0 aromatic heterocycles. The molecule has 0 heterocycles. The molecule has 0 radical (unpaired) electrons. The molecule has 10 aromatic rings. The predicted octanol–water partition coefficient (Wildman–Crippen LogP) is 17.4. The smallest absolute Gasteiger partial charge is 0.0540 e. The van der Waals surface area contributed by atoms with Gasteiger partial charge in [-0.1, -0.05) is 220 Å². The lowest BCUT2D eigenvalue weighted by molar-refractivity contribution is 0.626. The fraction of sp³-hybridized carbons (Fsp3) is 0.0909. The Bertz CT molecular complexity index is 3560. The van der Waals surface area contributed by atoms with E-state index in [1.807, 2.05) is 0 Å². The number of aryl methyl sites for hydroxylation is 1. The molecule has 318 valence electrons. The number of hydrogen-bond acceptors (Lipinski definition) is 1. The highest BCUT2D eigenvalue weighted by atomic mass is 15.1. The van der Waals surface area contributed by atoms with E-state index in [1.54, 1.807) is 0 Å². The number of anilines is 3. The highest BCUT2D eigenvalue weighted by molar-refractivity contribution is 5.98. The Morgan fingerprint density at radius 3 is 1.57 bits per heavy atom. The standard InChI is InChI=1S/C66H49N/c1-65(2)60-32-15-11-27-55(60)58-30-18-29-50(64(58)65)45-35-37-47(38-36-45)67(48-39-40-56-54-26-12-16-33-61(54)66(62(56)43-48)42-41-46-21-6-14-31-59(46)66)63-34-17-13-28-57(63)53-25-10-9-24-52(53)51-23-8-7-22-49(51)44-19-4-3-5-20-44/h3-40,43H,41-42H2,1-2H3. The number of para-hydroxylation sites is 1. The van der Waals surface area contributed by atoms with Gasteiger partial charge in [0.1, 0.15) is 0 Å². The Labute approximate surface area is 394 Å². The van der Waals surface area contributed by atoms with Crippen LogP contribution in [0.4, 0.5) is 17.1 Å². The van der Waals surface area contributed by atoms with Crippen LogP contribution < -0.4 is 4.90 Å². The van der Waals surface area contributed by atoms with Gasteiger partial charge in [0.05, 0.1) is 5.69 Å². The van der Waals surface area contributed by atoms with Gasteiger partial charge >= 0.3 is 0 Å². The lowest BCUT2D eigenvalue weighted by atomic mass is 9.73. The third-order valence-electron chi connectivity index (χ3n) is 15.3. The van der Waals surface area contributed by atoms with Crippen molar-refractivity contribution in [2.24, 2.45) is 0 Å². The van der Waals surface area contributed by atoms with Crippen LogP contribution in [0.15, 0.2) is 237 Å². The van der Waals surface area contributed by atoms with E-state index in [-0.39, 0.29) is 10.8 Å². The molecule has 10 aromatic carbocycles. The van der Waals surface area contributed by atoms with Gasteiger partial charge in [0.15, 0.2) is 0 Å². The van der Waals surface area contributed by atoms with E-state index in [0.717, 1.165) is 29.9 Å². The molecule has 1 heteroatoms. The van der Waals surface area contributed by atoms with Crippen LogP contribution in [0.2, 0.25) is 0 Å². The quantitative estimate of drug-likeness (QED) is 0.154. The van der Waals surface area contributed by atoms with E-state index >= 15 is 0 Å². The molecule has 3 aliphatic carbocycles. The molecule has 0 N–H and O–H groups in total. The topological polar surface area (TPSA) is 3.24 Å². The van der Waals surface area contributed by atoms with Gasteiger partial charge in [-0.15, -0.1) is 0 Å². The van der Waals surface area contributed by atoms with E-state index in [2.05, 4.69) is 255 Å². The summed E-state index contributed by atoms with van der Waals surface area (Å²) in [5.74, 6) is 0. The van der Waals surface area contributed by atoms with Crippen LogP contribution in [-0.2, 0) is 17.3 Å². The molecule has 1 unspecified atom stereocenters. The minimum Gasteiger partial charge on any atom is -0.310 e. The van der Waals surface area contributed by atoms with Crippen molar-refractivity contribution in [2.45, 2.75) is 37.5 Å². The molecule has 0 aliphatic heterocycles. The summed E-state index contributed by atoms with van der Waals surface area (Å²) in [6.45, 7) is 4.76. The third-order valence-corrected chi connectivity index (χ3v) is 15.3. The summed E-state index contributed by atoms with van der Waals surface area (Å²) in [5.41, 5.74) is 26.7.